The summed E-state index contributed by atoms with van der Waals surface area (Å²) in [6.07, 6.45) is 0. The van der Waals surface area contributed by atoms with Gasteiger partial charge in [-0.25, -0.2) is 4.79 Å². The van der Waals surface area contributed by atoms with Crippen LogP contribution in [0.5, 0.6) is 5.75 Å². The van der Waals surface area contributed by atoms with Gasteiger partial charge in [0.05, 0.1) is 5.56 Å². The van der Waals surface area contributed by atoms with E-state index >= 15 is 0 Å². The Balaban J connectivity index is 1.97. The molecule has 0 atom stereocenters. The third kappa shape index (κ3) is 3.59. The molecule has 0 unspecified atom stereocenters. The standard InChI is InChI=1S/C16H17NO3/c1-11-5-6-15(18)14(7-11)10-17-9-12-3-2-4-13(8-12)16(19)20/h2-8,17-18H,9-10H2,1H3,(H,19,20). The Labute approximate surface area is 117 Å². The molecule has 2 rings (SSSR count). The van der Waals surface area contributed by atoms with E-state index in [1.165, 1.54) is 0 Å². The van der Waals surface area contributed by atoms with Crippen LogP contribution in [0.2, 0.25) is 0 Å². The number of carboxylic acids is 1. The topological polar surface area (TPSA) is 69.6 Å². The predicted octanol–water partition coefficient (Wildman–Crippen LogP) is 2.69. The molecule has 20 heavy (non-hydrogen) atoms. The molecule has 0 aliphatic carbocycles. The summed E-state index contributed by atoms with van der Waals surface area (Å²) < 4.78 is 0. The molecule has 0 saturated carbocycles. The fourth-order valence-corrected chi connectivity index (χ4v) is 2.01. The van der Waals surface area contributed by atoms with Crippen molar-refractivity contribution < 1.29 is 15.0 Å². The lowest BCUT2D eigenvalue weighted by molar-refractivity contribution is 0.0696. The first-order valence-electron chi connectivity index (χ1n) is 6.37. The Kier molecular flexibility index (Phi) is 4.38. The first-order chi connectivity index (χ1) is 9.56. The fraction of sp³-hybridized carbons (Fsp3) is 0.188. The lowest BCUT2D eigenvalue weighted by Crippen LogP contribution is -2.13. The Bertz CT molecular complexity index is 623. The molecular formula is C16H17NO3. The highest BCUT2D eigenvalue weighted by molar-refractivity contribution is 5.87. The number of hydrogen-bond donors (Lipinski definition) is 3. The average molecular weight is 271 g/mol. The number of phenols is 1. The van der Waals surface area contributed by atoms with E-state index in [9.17, 15) is 9.90 Å². The van der Waals surface area contributed by atoms with Crippen molar-refractivity contribution in [1.82, 2.24) is 5.32 Å². The second-order valence-electron chi connectivity index (χ2n) is 4.74. The number of hydrogen-bond acceptors (Lipinski definition) is 3. The van der Waals surface area contributed by atoms with Crippen molar-refractivity contribution in [2.75, 3.05) is 0 Å². The Hall–Kier alpha value is -2.33. The summed E-state index contributed by atoms with van der Waals surface area (Å²) in [7, 11) is 0. The lowest BCUT2D eigenvalue weighted by atomic mass is 10.1. The van der Waals surface area contributed by atoms with Gasteiger partial charge in [0, 0.05) is 18.7 Å². The van der Waals surface area contributed by atoms with Crippen molar-refractivity contribution in [2.24, 2.45) is 0 Å². The first-order valence-corrected chi connectivity index (χ1v) is 6.37. The highest BCUT2D eigenvalue weighted by Gasteiger charge is 2.04. The average Bonchev–Trinajstić information content (AvgIpc) is 2.43. The summed E-state index contributed by atoms with van der Waals surface area (Å²) in [5, 5.41) is 21.9. The highest BCUT2D eigenvalue weighted by atomic mass is 16.4. The van der Waals surface area contributed by atoms with Crippen LogP contribution in [0.1, 0.15) is 27.0 Å². The van der Waals surface area contributed by atoms with Gasteiger partial charge in [-0.2, -0.15) is 0 Å². The number of aromatic carboxylic acids is 1. The van der Waals surface area contributed by atoms with Crippen LogP contribution in [0.15, 0.2) is 42.5 Å². The van der Waals surface area contributed by atoms with Gasteiger partial charge in [0.25, 0.3) is 0 Å². The van der Waals surface area contributed by atoms with Crippen molar-refractivity contribution in [3.8, 4) is 5.75 Å². The van der Waals surface area contributed by atoms with Gasteiger partial charge in [0.2, 0.25) is 0 Å². The first kappa shape index (κ1) is 14.1. The number of nitrogens with one attached hydrogen (secondary N) is 1. The molecule has 0 bridgehead atoms. The van der Waals surface area contributed by atoms with Gasteiger partial charge in [-0.3, -0.25) is 0 Å². The zero-order valence-electron chi connectivity index (χ0n) is 11.3. The zero-order chi connectivity index (χ0) is 14.5. The summed E-state index contributed by atoms with van der Waals surface area (Å²) in [4.78, 5) is 10.9. The third-order valence-electron chi connectivity index (χ3n) is 3.05. The number of aromatic hydroxyl groups is 1. The van der Waals surface area contributed by atoms with E-state index in [0.29, 0.717) is 13.1 Å². The van der Waals surface area contributed by atoms with Crippen LogP contribution >= 0.6 is 0 Å². The second kappa shape index (κ2) is 6.21. The number of carbonyl (C=O) groups is 1. The molecule has 0 spiro atoms. The maximum absolute atomic E-state index is 10.9. The van der Waals surface area contributed by atoms with Gasteiger partial charge in [-0.05, 0) is 30.7 Å². The number of rotatable bonds is 5. The third-order valence-corrected chi connectivity index (χ3v) is 3.05. The Morgan fingerprint density at radius 3 is 2.70 bits per heavy atom. The summed E-state index contributed by atoms with van der Waals surface area (Å²) in [6, 6.07) is 12.3. The molecule has 0 amide bonds. The number of benzene rings is 2. The number of carboxylic acid groups (broad SMARTS) is 1. The fourth-order valence-electron chi connectivity index (χ4n) is 2.01. The molecule has 0 heterocycles. The van der Waals surface area contributed by atoms with Gasteiger partial charge in [0.1, 0.15) is 5.75 Å². The molecule has 0 fully saturated rings. The summed E-state index contributed by atoms with van der Waals surface area (Å²) >= 11 is 0. The monoisotopic (exact) mass is 271 g/mol. The number of aryl methyl sites for hydroxylation is 1. The van der Waals surface area contributed by atoms with Crippen molar-refractivity contribution in [2.45, 2.75) is 20.0 Å². The quantitative estimate of drug-likeness (QED) is 0.782. The molecule has 3 N–H and O–H groups in total. The lowest BCUT2D eigenvalue weighted by Gasteiger charge is -2.08. The van der Waals surface area contributed by atoms with E-state index in [0.717, 1.165) is 16.7 Å². The Morgan fingerprint density at radius 2 is 1.95 bits per heavy atom. The molecular weight excluding hydrogens is 254 g/mol. The zero-order valence-corrected chi connectivity index (χ0v) is 11.3. The normalized spacial score (nSPS) is 10.4. The maximum Gasteiger partial charge on any atom is 0.335 e. The molecule has 104 valence electrons. The van der Waals surface area contributed by atoms with E-state index in [1.54, 1.807) is 24.3 Å². The molecule has 0 saturated heterocycles. The Morgan fingerprint density at radius 1 is 1.15 bits per heavy atom. The molecule has 4 heteroatoms. The van der Waals surface area contributed by atoms with Crippen LogP contribution in [0.25, 0.3) is 0 Å². The van der Waals surface area contributed by atoms with Crippen LogP contribution in [0, 0.1) is 6.92 Å². The maximum atomic E-state index is 10.9. The molecule has 0 aliphatic rings. The molecule has 0 radical (unpaired) electrons. The van der Waals surface area contributed by atoms with E-state index in [2.05, 4.69) is 5.32 Å². The minimum absolute atomic E-state index is 0.266. The van der Waals surface area contributed by atoms with Crippen LogP contribution < -0.4 is 5.32 Å². The van der Waals surface area contributed by atoms with Gasteiger partial charge >= 0.3 is 5.97 Å². The summed E-state index contributed by atoms with van der Waals surface area (Å²) in [6.45, 7) is 3.05. The molecule has 0 aliphatic heterocycles. The van der Waals surface area contributed by atoms with Crippen molar-refractivity contribution in [3.63, 3.8) is 0 Å². The number of phenolic OH excluding ortho intramolecular Hbond substituents is 1. The van der Waals surface area contributed by atoms with E-state index in [1.807, 2.05) is 25.1 Å². The second-order valence-corrected chi connectivity index (χ2v) is 4.74. The predicted molar refractivity (Wildman–Crippen MR) is 76.8 cm³/mol. The van der Waals surface area contributed by atoms with Gasteiger partial charge in [-0.1, -0.05) is 29.8 Å². The van der Waals surface area contributed by atoms with Crippen molar-refractivity contribution in [1.29, 1.82) is 0 Å². The molecule has 2 aromatic carbocycles. The van der Waals surface area contributed by atoms with Crippen LogP contribution in [0.4, 0.5) is 0 Å². The minimum Gasteiger partial charge on any atom is -0.508 e. The van der Waals surface area contributed by atoms with Crippen LogP contribution in [-0.2, 0) is 13.1 Å². The van der Waals surface area contributed by atoms with E-state index in [-0.39, 0.29) is 11.3 Å². The van der Waals surface area contributed by atoms with Gasteiger partial charge < -0.3 is 15.5 Å². The summed E-state index contributed by atoms with van der Waals surface area (Å²) in [5.41, 5.74) is 3.10. The van der Waals surface area contributed by atoms with Crippen LogP contribution in [0.3, 0.4) is 0 Å². The largest absolute Gasteiger partial charge is 0.508 e. The van der Waals surface area contributed by atoms with Crippen molar-refractivity contribution in [3.05, 3.63) is 64.7 Å². The van der Waals surface area contributed by atoms with Gasteiger partial charge in [-0.15, -0.1) is 0 Å². The molecule has 2 aromatic rings. The van der Waals surface area contributed by atoms with Gasteiger partial charge in [0.15, 0.2) is 0 Å². The van der Waals surface area contributed by atoms with Crippen molar-refractivity contribution >= 4 is 5.97 Å². The smallest absolute Gasteiger partial charge is 0.335 e. The summed E-state index contributed by atoms with van der Waals surface area (Å²) in [5.74, 6) is -0.662. The van der Waals surface area contributed by atoms with E-state index < -0.39 is 5.97 Å². The molecule has 4 nitrogen and oxygen atoms in total. The minimum atomic E-state index is -0.928. The highest BCUT2D eigenvalue weighted by Crippen LogP contribution is 2.18. The van der Waals surface area contributed by atoms with E-state index in [4.69, 9.17) is 5.11 Å². The molecule has 0 aromatic heterocycles. The van der Waals surface area contributed by atoms with Crippen LogP contribution in [-0.4, -0.2) is 16.2 Å². The SMILES string of the molecule is Cc1ccc(O)c(CNCc2cccc(C(=O)O)c2)c1.